The van der Waals surface area contributed by atoms with Crippen molar-refractivity contribution in [1.82, 2.24) is 15.2 Å². The largest absolute Gasteiger partial charge is 0.480 e. The molecule has 0 aliphatic heterocycles. The van der Waals surface area contributed by atoms with Crippen LogP contribution in [0.25, 0.3) is 11.1 Å². The molecule has 2 unspecified atom stereocenters. The molecule has 0 aliphatic rings. The Morgan fingerprint density at radius 1 is 1.15 bits per heavy atom. The van der Waals surface area contributed by atoms with Crippen molar-refractivity contribution in [1.29, 1.82) is 0 Å². The molecule has 0 aliphatic carbocycles. The predicted octanol–water partition coefficient (Wildman–Crippen LogP) is 6.56. The van der Waals surface area contributed by atoms with E-state index in [1.165, 1.54) is 0 Å². The molecule has 1 aromatic heterocycles. The van der Waals surface area contributed by atoms with Gasteiger partial charge in [0, 0.05) is 18.3 Å². The number of aryl methyl sites for hydroxylation is 1. The Morgan fingerprint density at radius 3 is 2.60 bits per heavy atom. The van der Waals surface area contributed by atoms with Gasteiger partial charge >= 0.3 is 5.97 Å². The minimum atomic E-state index is -1.03. The molecule has 2 aromatic carbocycles. The average Bonchev–Trinajstić information content (AvgIpc) is 3.38. The minimum absolute atomic E-state index is 0.0500. The summed E-state index contributed by atoms with van der Waals surface area (Å²) in [6.45, 7) is 5.38. The van der Waals surface area contributed by atoms with E-state index in [0.717, 1.165) is 57.9 Å². The zero-order chi connectivity index (χ0) is 29.1. The number of nitrogens with zero attached hydrogens (tertiary/aromatic N) is 2. The monoisotopic (exact) mass is 583 g/mol. The van der Waals surface area contributed by atoms with Gasteiger partial charge in [0.05, 0.1) is 17.6 Å². The van der Waals surface area contributed by atoms with Gasteiger partial charge in [0.2, 0.25) is 0 Å². The van der Waals surface area contributed by atoms with Crippen molar-refractivity contribution in [2.24, 2.45) is 0 Å². The zero-order valence-corrected chi connectivity index (χ0v) is 25.7. The van der Waals surface area contributed by atoms with Crippen LogP contribution in [0, 0.1) is 6.92 Å². The SMILES string of the molecule is CCCCC(OCc1ccc(C(=O)NC(CCSC)C(=O)O)c(-c2ccccc2C)c1)c1cnc(CN(C)C)s1. The summed E-state index contributed by atoms with van der Waals surface area (Å²) < 4.78 is 6.47. The Bertz CT molecular complexity index is 1260. The molecule has 3 aromatic rings. The first-order chi connectivity index (χ1) is 19.2. The summed E-state index contributed by atoms with van der Waals surface area (Å²) in [4.78, 5) is 33.0. The van der Waals surface area contributed by atoms with Crippen LogP contribution in [-0.4, -0.2) is 59.0 Å². The summed E-state index contributed by atoms with van der Waals surface area (Å²) in [5, 5.41) is 13.4. The van der Waals surface area contributed by atoms with E-state index in [9.17, 15) is 14.7 Å². The van der Waals surface area contributed by atoms with Gasteiger partial charge in [-0.2, -0.15) is 11.8 Å². The number of benzene rings is 2. The number of unbranched alkanes of at least 4 members (excludes halogenated alkanes) is 1. The number of nitrogens with one attached hydrogen (secondary N) is 1. The second-order valence-electron chi connectivity index (χ2n) is 10.2. The van der Waals surface area contributed by atoms with Gasteiger partial charge in [-0.1, -0.05) is 50.1 Å². The third-order valence-corrected chi connectivity index (χ3v) is 8.31. The lowest BCUT2D eigenvalue weighted by Gasteiger charge is -2.19. The highest BCUT2D eigenvalue weighted by Gasteiger charge is 2.23. The van der Waals surface area contributed by atoms with E-state index in [1.54, 1.807) is 29.2 Å². The Kier molecular flexibility index (Phi) is 12.6. The Hall–Kier alpha value is -2.72. The molecular weight excluding hydrogens is 542 g/mol. The summed E-state index contributed by atoms with van der Waals surface area (Å²) in [5.41, 5.74) is 4.13. The number of hydrogen-bond donors (Lipinski definition) is 2. The molecule has 9 heteroatoms. The maximum Gasteiger partial charge on any atom is 0.326 e. The molecule has 7 nitrogen and oxygen atoms in total. The number of carbonyl (C=O) groups excluding carboxylic acids is 1. The molecule has 2 atom stereocenters. The summed E-state index contributed by atoms with van der Waals surface area (Å²) in [6.07, 6.45) is 7.22. The molecule has 216 valence electrons. The number of aromatic nitrogens is 1. The van der Waals surface area contributed by atoms with Gasteiger partial charge < -0.3 is 20.1 Å². The Labute approximate surface area is 246 Å². The van der Waals surface area contributed by atoms with Crippen molar-refractivity contribution in [3.8, 4) is 11.1 Å². The van der Waals surface area contributed by atoms with Gasteiger partial charge in [0.1, 0.15) is 11.0 Å². The normalized spacial score (nSPS) is 12.8. The highest BCUT2D eigenvalue weighted by atomic mass is 32.2. The first-order valence-corrected chi connectivity index (χ1v) is 15.9. The van der Waals surface area contributed by atoms with Crippen LogP contribution < -0.4 is 5.32 Å². The molecule has 0 saturated carbocycles. The number of aliphatic carboxylic acids is 1. The molecule has 3 rings (SSSR count). The maximum atomic E-state index is 13.4. The fraction of sp³-hybridized carbons (Fsp3) is 0.452. The van der Waals surface area contributed by atoms with Gasteiger partial charge in [-0.15, -0.1) is 11.3 Å². The topological polar surface area (TPSA) is 91.8 Å². The van der Waals surface area contributed by atoms with Crippen LogP contribution in [0.1, 0.15) is 70.1 Å². The number of thiazole rings is 1. The molecular formula is C31H41N3O4S2. The summed E-state index contributed by atoms with van der Waals surface area (Å²) in [5.74, 6) is -0.772. The number of carbonyl (C=O) groups is 2. The highest BCUT2D eigenvalue weighted by molar-refractivity contribution is 7.98. The number of hydrogen-bond acceptors (Lipinski definition) is 7. The molecule has 40 heavy (non-hydrogen) atoms. The average molecular weight is 584 g/mol. The number of carboxylic acids is 1. The summed E-state index contributed by atoms with van der Waals surface area (Å²) in [7, 11) is 4.07. The molecule has 1 heterocycles. The number of carboxylic acid groups (broad SMARTS) is 1. The quantitative estimate of drug-likeness (QED) is 0.197. The van der Waals surface area contributed by atoms with Crippen molar-refractivity contribution >= 4 is 35.0 Å². The van der Waals surface area contributed by atoms with Crippen LogP contribution >= 0.6 is 23.1 Å². The van der Waals surface area contributed by atoms with Crippen LogP contribution in [0.15, 0.2) is 48.7 Å². The van der Waals surface area contributed by atoms with Gasteiger partial charge in [0.25, 0.3) is 5.91 Å². The van der Waals surface area contributed by atoms with Crippen molar-refractivity contribution < 1.29 is 19.4 Å². The fourth-order valence-electron chi connectivity index (χ4n) is 4.42. The fourth-order valence-corrected chi connectivity index (χ4v) is 6.01. The lowest BCUT2D eigenvalue weighted by Crippen LogP contribution is -2.41. The minimum Gasteiger partial charge on any atom is -0.480 e. The lowest BCUT2D eigenvalue weighted by atomic mass is 9.93. The molecule has 2 N–H and O–H groups in total. The third kappa shape index (κ3) is 9.16. The van der Waals surface area contributed by atoms with Gasteiger partial charge in [-0.05, 0) is 80.3 Å². The van der Waals surface area contributed by atoms with E-state index in [1.807, 2.05) is 69.9 Å². The molecule has 0 fully saturated rings. The van der Waals surface area contributed by atoms with E-state index in [4.69, 9.17) is 4.74 Å². The van der Waals surface area contributed by atoms with Crippen LogP contribution in [0.2, 0.25) is 0 Å². The zero-order valence-electron chi connectivity index (χ0n) is 24.1. The van der Waals surface area contributed by atoms with Gasteiger partial charge in [-0.25, -0.2) is 9.78 Å². The molecule has 0 bridgehead atoms. The first kappa shape index (κ1) is 31.8. The standard InChI is InChI=1S/C31H41N3O4S2/c1-6-7-12-27(28-18-32-29(40-28)19-34(3)4)38-20-22-13-14-24(25(17-22)23-11-9-8-10-21(23)2)30(35)33-26(31(36)37)15-16-39-5/h8-11,13-14,17-18,26-27H,6-7,12,15-16,19-20H2,1-5H3,(H,33,35)(H,36,37). The summed E-state index contributed by atoms with van der Waals surface area (Å²) >= 11 is 3.25. The Balaban J connectivity index is 1.88. The molecule has 1 amide bonds. The predicted molar refractivity (Wildman–Crippen MR) is 165 cm³/mol. The number of ether oxygens (including phenoxy) is 1. The van der Waals surface area contributed by atoms with Crippen molar-refractivity contribution in [3.05, 3.63) is 75.2 Å². The maximum absolute atomic E-state index is 13.4. The van der Waals surface area contributed by atoms with Crippen LogP contribution in [0.4, 0.5) is 0 Å². The van der Waals surface area contributed by atoms with Crippen molar-refractivity contribution in [2.75, 3.05) is 26.1 Å². The molecule has 0 spiro atoms. The van der Waals surface area contributed by atoms with E-state index in [-0.39, 0.29) is 6.10 Å². The van der Waals surface area contributed by atoms with Gasteiger partial charge in [0.15, 0.2) is 0 Å². The van der Waals surface area contributed by atoms with Crippen molar-refractivity contribution in [2.45, 2.75) is 64.8 Å². The highest BCUT2D eigenvalue weighted by Crippen LogP contribution is 2.32. The second-order valence-corrected chi connectivity index (χ2v) is 12.3. The van der Waals surface area contributed by atoms with Crippen LogP contribution in [-0.2, 0) is 22.7 Å². The first-order valence-electron chi connectivity index (χ1n) is 13.7. The second kappa shape index (κ2) is 15.9. The Morgan fingerprint density at radius 2 is 1.93 bits per heavy atom. The third-order valence-electron chi connectivity index (χ3n) is 6.59. The van der Waals surface area contributed by atoms with E-state index in [0.29, 0.717) is 24.3 Å². The number of thioether (sulfide) groups is 1. The van der Waals surface area contributed by atoms with Gasteiger partial charge in [-0.3, -0.25) is 4.79 Å². The smallest absolute Gasteiger partial charge is 0.326 e. The number of amides is 1. The van der Waals surface area contributed by atoms with Crippen molar-refractivity contribution in [3.63, 3.8) is 0 Å². The van der Waals surface area contributed by atoms with E-state index >= 15 is 0 Å². The number of rotatable bonds is 16. The summed E-state index contributed by atoms with van der Waals surface area (Å²) in [6, 6.07) is 12.6. The van der Waals surface area contributed by atoms with E-state index < -0.39 is 17.9 Å². The van der Waals surface area contributed by atoms with Crippen LogP contribution in [0.5, 0.6) is 0 Å². The van der Waals surface area contributed by atoms with Crippen LogP contribution in [0.3, 0.4) is 0 Å². The molecule has 0 radical (unpaired) electrons. The molecule has 0 saturated heterocycles. The lowest BCUT2D eigenvalue weighted by molar-refractivity contribution is -0.139. The van der Waals surface area contributed by atoms with E-state index in [2.05, 4.69) is 22.1 Å².